The highest BCUT2D eigenvalue weighted by Gasteiger charge is 2.52. The second kappa shape index (κ2) is 12.7. The van der Waals surface area contributed by atoms with Gasteiger partial charge in [0, 0.05) is 27.9 Å². The first kappa shape index (κ1) is 33.4. The van der Waals surface area contributed by atoms with Crippen molar-refractivity contribution in [3.63, 3.8) is 0 Å². The molecule has 3 heteroatoms. The summed E-state index contributed by atoms with van der Waals surface area (Å²) in [6, 6.07) is 69.0. The monoisotopic (exact) mass is 763 g/mol. The van der Waals surface area contributed by atoms with Crippen LogP contribution in [0.3, 0.4) is 0 Å². The van der Waals surface area contributed by atoms with E-state index in [0.717, 1.165) is 34.8 Å². The molecule has 1 atom stereocenters. The number of fused-ring (bicyclic) bond motifs is 14. The molecule has 13 rings (SSSR count). The van der Waals surface area contributed by atoms with Gasteiger partial charge in [0.15, 0.2) is 5.84 Å². The maximum Gasteiger partial charge on any atom is 0.160 e. The van der Waals surface area contributed by atoms with Crippen LogP contribution in [-0.4, -0.2) is 16.1 Å². The lowest BCUT2D eigenvalue weighted by Gasteiger charge is -2.30. The van der Waals surface area contributed by atoms with Gasteiger partial charge in [0.05, 0.1) is 27.9 Å². The number of amidine groups is 1. The SMILES string of the molecule is C1=CCC2C(=C1)N=C(c1cccc3c1-c1ccccc1C31c3ccccc3-c3ccccc31)N=C2c1ccc(-c2ccc3c(c2)c2ccccc2n3-c2ccccc2)cc1. The fourth-order valence-corrected chi connectivity index (χ4v) is 10.9. The molecule has 1 aliphatic heterocycles. The molecule has 0 saturated carbocycles. The van der Waals surface area contributed by atoms with E-state index >= 15 is 0 Å². The first-order chi connectivity index (χ1) is 29.8. The van der Waals surface area contributed by atoms with Crippen molar-refractivity contribution in [3.05, 3.63) is 245 Å². The van der Waals surface area contributed by atoms with Crippen LogP contribution >= 0.6 is 0 Å². The Morgan fingerprint density at radius 2 is 1.07 bits per heavy atom. The van der Waals surface area contributed by atoms with Crippen molar-refractivity contribution >= 4 is 33.4 Å². The minimum absolute atomic E-state index is 0.0917. The minimum atomic E-state index is -0.415. The van der Waals surface area contributed by atoms with Gasteiger partial charge in [-0.15, -0.1) is 0 Å². The number of hydrogen-bond donors (Lipinski definition) is 0. The molecule has 3 nitrogen and oxygen atoms in total. The normalized spacial score (nSPS) is 16.5. The van der Waals surface area contributed by atoms with E-state index in [1.54, 1.807) is 0 Å². The third kappa shape index (κ3) is 4.55. The molecule has 0 bridgehead atoms. The maximum atomic E-state index is 5.56. The van der Waals surface area contributed by atoms with Crippen molar-refractivity contribution in [2.24, 2.45) is 15.9 Å². The summed E-state index contributed by atoms with van der Waals surface area (Å²) in [5, 5.41) is 2.51. The Morgan fingerprint density at radius 3 is 1.85 bits per heavy atom. The number of benzene rings is 8. The predicted molar refractivity (Wildman–Crippen MR) is 247 cm³/mol. The van der Waals surface area contributed by atoms with E-state index in [9.17, 15) is 0 Å². The summed E-state index contributed by atoms with van der Waals surface area (Å²) in [5.74, 6) is 0.865. The highest BCUT2D eigenvalue weighted by Crippen LogP contribution is 2.63. The van der Waals surface area contributed by atoms with Crippen LogP contribution in [0.4, 0.5) is 0 Å². The van der Waals surface area contributed by atoms with Crippen LogP contribution in [0.15, 0.2) is 222 Å². The zero-order valence-electron chi connectivity index (χ0n) is 32.8. The average Bonchev–Trinajstić information content (AvgIpc) is 3.93. The second-order valence-corrected chi connectivity index (χ2v) is 16.4. The van der Waals surface area contributed by atoms with Crippen molar-refractivity contribution in [2.75, 3.05) is 0 Å². The zero-order valence-corrected chi connectivity index (χ0v) is 32.8. The molecule has 0 radical (unpaired) electrons. The van der Waals surface area contributed by atoms with Crippen LogP contribution in [0.5, 0.6) is 0 Å². The molecule has 280 valence electrons. The molecule has 0 fully saturated rings. The number of aliphatic imine (C=N–C) groups is 2. The number of nitrogens with zero attached hydrogens (tertiary/aromatic N) is 3. The fraction of sp³-hybridized carbons (Fsp3) is 0.0526. The van der Waals surface area contributed by atoms with Gasteiger partial charge < -0.3 is 4.57 Å². The van der Waals surface area contributed by atoms with Crippen molar-refractivity contribution in [1.82, 2.24) is 4.57 Å². The van der Waals surface area contributed by atoms with Crippen LogP contribution in [0.1, 0.15) is 39.8 Å². The third-order valence-electron chi connectivity index (χ3n) is 13.4. The molecule has 1 spiro atoms. The zero-order chi connectivity index (χ0) is 39.4. The van der Waals surface area contributed by atoms with Gasteiger partial charge in [-0.2, -0.15) is 0 Å². The first-order valence-electron chi connectivity index (χ1n) is 20.9. The Hall–Kier alpha value is -7.62. The largest absolute Gasteiger partial charge is 0.309 e. The molecule has 0 N–H and O–H groups in total. The van der Waals surface area contributed by atoms with Crippen molar-refractivity contribution in [1.29, 1.82) is 0 Å². The highest BCUT2D eigenvalue weighted by molar-refractivity contribution is 6.19. The molecule has 2 heterocycles. The molecule has 1 aromatic heterocycles. The topological polar surface area (TPSA) is 29.6 Å². The van der Waals surface area contributed by atoms with Gasteiger partial charge in [-0.05, 0) is 104 Å². The standard InChI is InChI=1S/C57H37N3/c1-2-15-39(16-3-1)60-52-28-13-8-19-42(52)46-35-38(33-34-53(46)60)36-29-31-37(32-30-36)55-44-21-7-12-27-51(44)58-56(59-55)45-22-14-26-50-54(45)43-20-6-11-25-49(43)57(50)47-23-9-4-17-40(47)41-18-5-10-24-48(41)57/h1-20,22-35,44H,21H2. The fourth-order valence-electron chi connectivity index (χ4n) is 10.9. The quantitative estimate of drug-likeness (QED) is 0.171. The van der Waals surface area contributed by atoms with Crippen LogP contribution in [0, 0.1) is 5.92 Å². The predicted octanol–water partition coefficient (Wildman–Crippen LogP) is 13.5. The van der Waals surface area contributed by atoms with Crippen LogP contribution < -0.4 is 0 Å². The summed E-state index contributed by atoms with van der Waals surface area (Å²) < 4.78 is 2.37. The smallest absolute Gasteiger partial charge is 0.160 e. The Balaban J connectivity index is 0.936. The molecule has 8 aromatic carbocycles. The Bertz CT molecular complexity index is 3350. The van der Waals surface area contributed by atoms with E-state index in [-0.39, 0.29) is 5.92 Å². The molecule has 9 aromatic rings. The number of allylic oxidation sites excluding steroid dienone is 4. The molecular formula is C57H37N3. The van der Waals surface area contributed by atoms with Crippen molar-refractivity contribution in [3.8, 4) is 39.1 Å². The number of aromatic nitrogens is 1. The van der Waals surface area contributed by atoms with Crippen LogP contribution in [0.25, 0.3) is 60.9 Å². The summed E-state index contributed by atoms with van der Waals surface area (Å²) >= 11 is 0. The van der Waals surface area contributed by atoms with Crippen LogP contribution in [-0.2, 0) is 5.41 Å². The van der Waals surface area contributed by atoms with E-state index in [1.165, 1.54) is 83.1 Å². The summed E-state index contributed by atoms with van der Waals surface area (Å²) in [5.41, 5.74) is 20.3. The summed E-state index contributed by atoms with van der Waals surface area (Å²) in [4.78, 5) is 10.9. The van der Waals surface area contributed by atoms with Gasteiger partial charge in [0.1, 0.15) is 0 Å². The Morgan fingerprint density at radius 1 is 0.467 bits per heavy atom. The van der Waals surface area contributed by atoms with E-state index in [2.05, 4.69) is 211 Å². The van der Waals surface area contributed by atoms with Gasteiger partial charge >= 0.3 is 0 Å². The van der Waals surface area contributed by atoms with Crippen molar-refractivity contribution < 1.29 is 0 Å². The molecule has 0 saturated heterocycles. The third-order valence-corrected chi connectivity index (χ3v) is 13.4. The van der Waals surface area contributed by atoms with E-state index in [0.29, 0.717) is 0 Å². The first-order valence-corrected chi connectivity index (χ1v) is 20.9. The molecule has 4 aliphatic rings. The lowest BCUT2D eigenvalue weighted by molar-refractivity contribution is 0.787. The lowest BCUT2D eigenvalue weighted by atomic mass is 9.70. The number of rotatable bonds is 4. The Kier molecular flexibility index (Phi) is 7.06. The summed E-state index contributed by atoms with van der Waals surface area (Å²) in [7, 11) is 0. The molecule has 1 unspecified atom stereocenters. The molecular weight excluding hydrogens is 727 g/mol. The van der Waals surface area contributed by atoms with Gasteiger partial charge in [0.2, 0.25) is 0 Å². The number of para-hydroxylation sites is 2. The Labute approximate surface area is 348 Å². The van der Waals surface area contributed by atoms with Crippen LogP contribution in [0.2, 0.25) is 0 Å². The average molecular weight is 764 g/mol. The van der Waals surface area contributed by atoms with E-state index < -0.39 is 5.41 Å². The minimum Gasteiger partial charge on any atom is -0.309 e. The molecule has 3 aliphatic carbocycles. The summed E-state index contributed by atoms with van der Waals surface area (Å²) in [6.45, 7) is 0. The second-order valence-electron chi connectivity index (χ2n) is 16.4. The van der Waals surface area contributed by atoms with Gasteiger partial charge in [-0.1, -0.05) is 170 Å². The highest BCUT2D eigenvalue weighted by atomic mass is 15.0. The van der Waals surface area contributed by atoms with Gasteiger partial charge in [0.25, 0.3) is 0 Å². The summed E-state index contributed by atoms with van der Waals surface area (Å²) in [6.07, 6.45) is 7.45. The van der Waals surface area contributed by atoms with E-state index in [4.69, 9.17) is 9.98 Å². The molecule has 0 amide bonds. The molecule has 60 heavy (non-hydrogen) atoms. The number of hydrogen-bond acceptors (Lipinski definition) is 2. The van der Waals surface area contributed by atoms with Gasteiger partial charge in [-0.3, -0.25) is 0 Å². The van der Waals surface area contributed by atoms with Crippen molar-refractivity contribution in [2.45, 2.75) is 11.8 Å². The maximum absolute atomic E-state index is 5.56. The lowest BCUT2D eigenvalue weighted by Crippen LogP contribution is -2.26. The van der Waals surface area contributed by atoms with E-state index in [1.807, 2.05) is 0 Å². The van der Waals surface area contributed by atoms with Gasteiger partial charge in [-0.25, -0.2) is 9.98 Å².